The van der Waals surface area contributed by atoms with Crippen molar-refractivity contribution in [3.63, 3.8) is 0 Å². The molecular weight excluding hydrogens is 110 g/mol. The van der Waals surface area contributed by atoms with Gasteiger partial charge in [-0.3, -0.25) is 0 Å². The van der Waals surface area contributed by atoms with Crippen LogP contribution in [0.4, 0.5) is 0 Å². The maximum absolute atomic E-state index is 3.11. The molecule has 0 fully saturated rings. The molecule has 0 aliphatic heterocycles. The zero-order chi connectivity index (χ0) is 6.53. The van der Waals surface area contributed by atoms with Gasteiger partial charge in [0.05, 0.1) is 0 Å². The number of benzene rings is 1. The number of nitrogens with one attached hydrogen (secondary N) is 1. The molecule has 0 amide bonds. The summed E-state index contributed by atoms with van der Waals surface area (Å²) in [7, 11) is 1.93. The van der Waals surface area contributed by atoms with Gasteiger partial charge in [-0.25, -0.2) is 0 Å². The van der Waals surface area contributed by atoms with Crippen molar-refractivity contribution in [3.05, 3.63) is 35.9 Å². The molecule has 1 N–H and O–H groups in total. The summed E-state index contributed by atoms with van der Waals surface area (Å²) in [6, 6.07) is 11.1. The van der Waals surface area contributed by atoms with Gasteiger partial charge >= 0.3 is 0 Å². The Morgan fingerprint density at radius 2 is 2.44 bits per heavy atom. The summed E-state index contributed by atoms with van der Waals surface area (Å²) in [5.41, 5.74) is 1.21. The molecule has 1 rings (SSSR count). The third kappa shape index (κ3) is 1.86. The lowest BCUT2D eigenvalue weighted by atomic mass is 10.2. The van der Waals surface area contributed by atoms with Crippen LogP contribution < -0.4 is 5.32 Å². The topological polar surface area (TPSA) is 12.0 Å². The number of hydrogen-bond acceptors (Lipinski definition) is 1. The maximum Gasteiger partial charge on any atom is 0.0208 e. The molecule has 0 bridgehead atoms. The smallest absolute Gasteiger partial charge is 0.0208 e. The van der Waals surface area contributed by atoms with E-state index >= 15 is 0 Å². The predicted octanol–water partition coefficient (Wildman–Crippen LogP) is 1.21. The highest BCUT2D eigenvalue weighted by Gasteiger charge is 1.84. The van der Waals surface area contributed by atoms with Gasteiger partial charge < -0.3 is 5.32 Å². The third-order valence-electron chi connectivity index (χ3n) is 1.14. The van der Waals surface area contributed by atoms with Gasteiger partial charge in [-0.2, -0.15) is 0 Å². The largest absolute Gasteiger partial charge is 0.316 e. The summed E-state index contributed by atoms with van der Waals surface area (Å²) < 4.78 is 0. The Balaban J connectivity index is 2.61. The lowest BCUT2D eigenvalue weighted by Crippen LogP contribution is -2.04. The van der Waals surface area contributed by atoms with Gasteiger partial charge in [0.1, 0.15) is 0 Å². The average molecular weight is 120 g/mol. The van der Waals surface area contributed by atoms with E-state index in [0.717, 1.165) is 6.54 Å². The third-order valence-corrected chi connectivity index (χ3v) is 1.14. The molecular formula is C8H10N. The van der Waals surface area contributed by atoms with Gasteiger partial charge in [0.15, 0.2) is 0 Å². The Hall–Kier alpha value is -0.820. The second kappa shape index (κ2) is 3.25. The van der Waals surface area contributed by atoms with Gasteiger partial charge in [-0.05, 0) is 18.7 Å². The molecule has 1 aromatic carbocycles. The van der Waals surface area contributed by atoms with Crippen molar-refractivity contribution in [1.82, 2.24) is 5.32 Å². The van der Waals surface area contributed by atoms with Crippen LogP contribution in [0.1, 0.15) is 5.56 Å². The minimum atomic E-state index is 0.904. The van der Waals surface area contributed by atoms with Crippen molar-refractivity contribution >= 4 is 0 Å². The van der Waals surface area contributed by atoms with Crippen LogP contribution in [0.3, 0.4) is 0 Å². The SMILES string of the molecule is CNCc1[c]cccc1. The zero-order valence-corrected chi connectivity index (χ0v) is 5.52. The summed E-state index contributed by atoms with van der Waals surface area (Å²) in [4.78, 5) is 0. The van der Waals surface area contributed by atoms with Crippen LogP contribution in [-0.2, 0) is 6.54 Å². The van der Waals surface area contributed by atoms with E-state index in [1.165, 1.54) is 5.56 Å². The number of hydrogen-bond donors (Lipinski definition) is 1. The lowest BCUT2D eigenvalue weighted by molar-refractivity contribution is 0.817. The average Bonchev–Trinajstić information content (AvgIpc) is 1.91. The monoisotopic (exact) mass is 120 g/mol. The van der Waals surface area contributed by atoms with Crippen LogP contribution in [0.5, 0.6) is 0 Å². The Kier molecular flexibility index (Phi) is 2.28. The Morgan fingerprint density at radius 1 is 1.56 bits per heavy atom. The second-order valence-corrected chi connectivity index (χ2v) is 1.92. The molecule has 1 aromatic rings. The summed E-state index contributed by atoms with van der Waals surface area (Å²) in [5.74, 6) is 0. The van der Waals surface area contributed by atoms with Crippen molar-refractivity contribution < 1.29 is 0 Å². The van der Waals surface area contributed by atoms with Crippen molar-refractivity contribution in [1.29, 1.82) is 0 Å². The van der Waals surface area contributed by atoms with Gasteiger partial charge in [0.25, 0.3) is 0 Å². The van der Waals surface area contributed by atoms with E-state index in [4.69, 9.17) is 0 Å². The molecule has 9 heavy (non-hydrogen) atoms. The van der Waals surface area contributed by atoms with Crippen LogP contribution in [0.2, 0.25) is 0 Å². The second-order valence-electron chi connectivity index (χ2n) is 1.92. The van der Waals surface area contributed by atoms with E-state index < -0.39 is 0 Å². The van der Waals surface area contributed by atoms with Crippen molar-refractivity contribution in [3.8, 4) is 0 Å². The van der Waals surface area contributed by atoms with Crippen LogP contribution in [0.25, 0.3) is 0 Å². The first-order chi connectivity index (χ1) is 4.43. The minimum Gasteiger partial charge on any atom is -0.316 e. The fraction of sp³-hybridized carbons (Fsp3) is 0.250. The van der Waals surface area contributed by atoms with Crippen LogP contribution in [-0.4, -0.2) is 7.05 Å². The van der Waals surface area contributed by atoms with Gasteiger partial charge in [-0.1, -0.05) is 24.3 Å². The first kappa shape index (κ1) is 6.30. The fourth-order valence-corrected chi connectivity index (χ4v) is 0.731. The minimum absolute atomic E-state index is 0.904. The van der Waals surface area contributed by atoms with E-state index in [1.54, 1.807) is 0 Å². The fourth-order valence-electron chi connectivity index (χ4n) is 0.731. The molecule has 0 aliphatic carbocycles. The molecule has 0 spiro atoms. The van der Waals surface area contributed by atoms with Crippen molar-refractivity contribution in [2.45, 2.75) is 6.54 Å². The first-order valence-electron chi connectivity index (χ1n) is 3.03. The van der Waals surface area contributed by atoms with Gasteiger partial charge in [-0.15, -0.1) is 0 Å². The molecule has 0 aliphatic rings. The van der Waals surface area contributed by atoms with E-state index in [-0.39, 0.29) is 0 Å². The first-order valence-corrected chi connectivity index (χ1v) is 3.03. The Morgan fingerprint density at radius 3 is 3.00 bits per heavy atom. The van der Waals surface area contributed by atoms with Crippen molar-refractivity contribution in [2.24, 2.45) is 0 Å². The van der Waals surface area contributed by atoms with Gasteiger partial charge in [0.2, 0.25) is 0 Å². The van der Waals surface area contributed by atoms with Gasteiger partial charge in [0, 0.05) is 6.54 Å². The van der Waals surface area contributed by atoms with E-state index in [9.17, 15) is 0 Å². The van der Waals surface area contributed by atoms with Crippen LogP contribution >= 0.6 is 0 Å². The van der Waals surface area contributed by atoms with E-state index in [1.807, 2.05) is 25.2 Å². The van der Waals surface area contributed by atoms with Crippen LogP contribution in [0.15, 0.2) is 24.3 Å². The van der Waals surface area contributed by atoms with E-state index in [0.29, 0.717) is 0 Å². The highest BCUT2D eigenvalue weighted by Crippen LogP contribution is 1.94. The van der Waals surface area contributed by atoms with Crippen LogP contribution in [0, 0.1) is 6.07 Å². The highest BCUT2D eigenvalue weighted by molar-refractivity contribution is 5.12. The summed E-state index contributed by atoms with van der Waals surface area (Å²) in [6.45, 7) is 0.904. The molecule has 0 unspecified atom stereocenters. The normalized spacial score (nSPS) is 9.44. The molecule has 1 nitrogen and oxygen atoms in total. The standard InChI is InChI=1S/C8H10N/c1-9-7-8-5-3-2-4-6-8/h2-5,9H,7H2,1H3. The summed E-state index contributed by atoms with van der Waals surface area (Å²) in [5, 5.41) is 3.05. The highest BCUT2D eigenvalue weighted by atomic mass is 14.8. The van der Waals surface area contributed by atoms with E-state index in [2.05, 4.69) is 17.4 Å². The molecule has 0 heterocycles. The zero-order valence-electron chi connectivity index (χ0n) is 5.52. The Labute approximate surface area is 55.7 Å². The lowest BCUT2D eigenvalue weighted by Gasteiger charge is -1.95. The molecule has 0 saturated heterocycles. The maximum atomic E-state index is 3.11. The Bertz CT molecular complexity index is 157. The predicted molar refractivity (Wildman–Crippen MR) is 38.0 cm³/mol. The molecule has 1 radical (unpaired) electrons. The number of rotatable bonds is 2. The van der Waals surface area contributed by atoms with Crippen molar-refractivity contribution in [2.75, 3.05) is 7.05 Å². The molecule has 1 heteroatoms. The quantitative estimate of drug-likeness (QED) is 0.618. The summed E-state index contributed by atoms with van der Waals surface area (Å²) >= 11 is 0. The summed E-state index contributed by atoms with van der Waals surface area (Å²) in [6.07, 6.45) is 0. The molecule has 0 atom stereocenters. The molecule has 0 aromatic heterocycles. The molecule has 47 valence electrons. The molecule has 0 saturated carbocycles.